The van der Waals surface area contributed by atoms with E-state index in [-0.39, 0.29) is 11.3 Å². The van der Waals surface area contributed by atoms with E-state index in [4.69, 9.17) is 5.11 Å². The zero-order valence-electron chi connectivity index (χ0n) is 10.0. The molecule has 2 N–H and O–H groups in total. The zero-order chi connectivity index (χ0) is 13.9. The van der Waals surface area contributed by atoms with Gasteiger partial charge in [0.15, 0.2) is 0 Å². The summed E-state index contributed by atoms with van der Waals surface area (Å²) in [6.45, 7) is 3.10. The van der Waals surface area contributed by atoms with Crippen molar-refractivity contribution in [3.8, 4) is 0 Å². The van der Waals surface area contributed by atoms with Crippen molar-refractivity contribution in [2.75, 3.05) is 5.32 Å². The fourth-order valence-corrected chi connectivity index (χ4v) is 1.63. The maximum absolute atomic E-state index is 12.2. The van der Waals surface area contributed by atoms with Crippen molar-refractivity contribution in [2.45, 2.75) is 32.5 Å². The van der Waals surface area contributed by atoms with E-state index in [1.807, 2.05) is 0 Å². The van der Waals surface area contributed by atoms with Crippen molar-refractivity contribution in [1.29, 1.82) is 0 Å². The average molecular weight is 261 g/mol. The zero-order valence-corrected chi connectivity index (χ0v) is 10.0. The molecule has 0 amide bonds. The van der Waals surface area contributed by atoms with Crippen molar-refractivity contribution in [1.82, 2.24) is 0 Å². The lowest BCUT2D eigenvalue weighted by Crippen LogP contribution is -2.24. The minimum atomic E-state index is -4.28. The van der Waals surface area contributed by atoms with Crippen molar-refractivity contribution < 1.29 is 23.1 Å². The molecule has 0 aliphatic carbocycles. The SMILES string of the molecule is Cc1ccc(C(=O)O)c(NC(C)CC(F)(F)F)c1. The predicted molar refractivity (Wildman–Crippen MR) is 61.9 cm³/mol. The first-order valence-electron chi connectivity index (χ1n) is 5.36. The Balaban J connectivity index is 2.89. The highest BCUT2D eigenvalue weighted by molar-refractivity contribution is 5.94. The Morgan fingerprint density at radius 1 is 1.44 bits per heavy atom. The summed E-state index contributed by atoms with van der Waals surface area (Å²) >= 11 is 0. The van der Waals surface area contributed by atoms with Crippen molar-refractivity contribution in [3.05, 3.63) is 29.3 Å². The van der Waals surface area contributed by atoms with Crippen LogP contribution in [0.15, 0.2) is 18.2 Å². The second-order valence-electron chi connectivity index (χ2n) is 4.22. The smallest absolute Gasteiger partial charge is 0.391 e. The molecule has 0 aromatic heterocycles. The summed E-state index contributed by atoms with van der Waals surface area (Å²) in [5, 5.41) is 11.5. The number of aromatic carboxylic acids is 1. The average Bonchev–Trinajstić information content (AvgIpc) is 2.13. The minimum absolute atomic E-state index is 0.0328. The van der Waals surface area contributed by atoms with Gasteiger partial charge in [-0.15, -0.1) is 0 Å². The van der Waals surface area contributed by atoms with E-state index in [2.05, 4.69) is 5.32 Å². The Labute approximate surface area is 103 Å². The minimum Gasteiger partial charge on any atom is -0.478 e. The fraction of sp³-hybridized carbons (Fsp3) is 0.417. The van der Waals surface area contributed by atoms with Crippen LogP contribution in [0.1, 0.15) is 29.3 Å². The van der Waals surface area contributed by atoms with Gasteiger partial charge in [-0.3, -0.25) is 0 Å². The number of carboxylic acid groups (broad SMARTS) is 1. The van der Waals surface area contributed by atoms with E-state index < -0.39 is 24.6 Å². The molecule has 1 aromatic carbocycles. The van der Waals surface area contributed by atoms with Crippen LogP contribution in [0.2, 0.25) is 0 Å². The highest BCUT2D eigenvalue weighted by Gasteiger charge is 2.30. The Morgan fingerprint density at radius 2 is 2.06 bits per heavy atom. The molecule has 1 aromatic rings. The third kappa shape index (κ3) is 4.27. The number of rotatable bonds is 4. The van der Waals surface area contributed by atoms with Crippen molar-refractivity contribution >= 4 is 11.7 Å². The summed E-state index contributed by atoms with van der Waals surface area (Å²) in [6.07, 6.45) is -5.29. The topological polar surface area (TPSA) is 49.3 Å². The number of alkyl halides is 3. The first-order chi connectivity index (χ1) is 8.19. The van der Waals surface area contributed by atoms with E-state index in [0.717, 1.165) is 5.56 Å². The number of carbonyl (C=O) groups is 1. The van der Waals surface area contributed by atoms with Crippen LogP contribution >= 0.6 is 0 Å². The number of halogens is 3. The number of hydrogen-bond donors (Lipinski definition) is 2. The third-order valence-corrected chi connectivity index (χ3v) is 2.35. The van der Waals surface area contributed by atoms with Crippen LogP contribution in [0, 0.1) is 6.92 Å². The standard InChI is InChI=1S/C12H14F3NO2/c1-7-3-4-9(11(17)18)10(5-7)16-8(2)6-12(13,14)15/h3-5,8,16H,6H2,1-2H3,(H,17,18). The molecule has 0 radical (unpaired) electrons. The van der Waals surface area contributed by atoms with Crippen LogP contribution in [-0.4, -0.2) is 23.3 Å². The van der Waals surface area contributed by atoms with Gasteiger partial charge in [-0.2, -0.15) is 13.2 Å². The molecule has 100 valence electrons. The molecular weight excluding hydrogens is 247 g/mol. The van der Waals surface area contributed by atoms with Gasteiger partial charge in [-0.05, 0) is 31.5 Å². The number of benzene rings is 1. The number of nitrogens with one attached hydrogen (secondary N) is 1. The largest absolute Gasteiger partial charge is 0.478 e. The second kappa shape index (κ2) is 5.29. The Kier molecular flexibility index (Phi) is 4.21. The Hall–Kier alpha value is -1.72. The van der Waals surface area contributed by atoms with Gasteiger partial charge < -0.3 is 10.4 Å². The summed E-state index contributed by atoms with van der Waals surface area (Å²) < 4.78 is 36.6. The van der Waals surface area contributed by atoms with Crippen molar-refractivity contribution in [3.63, 3.8) is 0 Å². The van der Waals surface area contributed by atoms with Gasteiger partial charge in [0.2, 0.25) is 0 Å². The predicted octanol–water partition coefficient (Wildman–Crippen LogP) is 3.45. The summed E-state index contributed by atoms with van der Waals surface area (Å²) in [6, 6.07) is 3.62. The van der Waals surface area contributed by atoms with Gasteiger partial charge in [0.1, 0.15) is 0 Å². The summed E-state index contributed by atoms with van der Waals surface area (Å²) in [7, 11) is 0. The molecule has 0 aliphatic rings. The Bertz CT molecular complexity index is 443. The molecule has 3 nitrogen and oxygen atoms in total. The van der Waals surface area contributed by atoms with Crippen molar-refractivity contribution in [2.24, 2.45) is 0 Å². The number of aryl methyl sites for hydroxylation is 1. The maximum atomic E-state index is 12.2. The lowest BCUT2D eigenvalue weighted by atomic mass is 10.1. The molecule has 0 heterocycles. The van der Waals surface area contributed by atoms with Crippen LogP contribution in [0.3, 0.4) is 0 Å². The monoisotopic (exact) mass is 261 g/mol. The maximum Gasteiger partial charge on any atom is 0.391 e. The molecule has 0 aliphatic heterocycles. The van der Waals surface area contributed by atoms with Gasteiger partial charge in [0.25, 0.3) is 0 Å². The molecule has 0 saturated carbocycles. The van der Waals surface area contributed by atoms with Gasteiger partial charge in [0, 0.05) is 11.7 Å². The van der Waals surface area contributed by atoms with Gasteiger partial charge in [-0.1, -0.05) is 6.07 Å². The lowest BCUT2D eigenvalue weighted by Gasteiger charge is -2.18. The molecule has 0 fully saturated rings. The van der Waals surface area contributed by atoms with Crippen LogP contribution in [-0.2, 0) is 0 Å². The van der Waals surface area contributed by atoms with Gasteiger partial charge in [-0.25, -0.2) is 4.79 Å². The second-order valence-corrected chi connectivity index (χ2v) is 4.22. The van der Waals surface area contributed by atoms with E-state index >= 15 is 0 Å². The van der Waals surface area contributed by atoms with E-state index in [0.29, 0.717) is 0 Å². The number of anilines is 1. The Morgan fingerprint density at radius 3 is 2.56 bits per heavy atom. The molecule has 6 heteroatoms. The van der Waals surface area contributed by atoms with Crippen LogP contribution < -0.4 is 5.32 Å². The van der Waals surface area contributed by atoms with Crippen LogP contribution in [0.5, 0.6) is 0 Å². The summed E-state index contributed by atoms with van der Waals surface area (Å²) in [5.41, 5.74) is 0.954. The molecule has 18 heavy (non-hydrogen) atoms. The highest BCUT2D eigenvalue weighted by atomic mass is 19.4. The number of carboxylic acids is 1. The van der Waals surface area contributed by atoms with E-state index in [1.54, 1.807) is 13.0 Å². The molecule has 0 saturated heterocycles. The summed E-state index contributed by atoms with van der Waals surface area (Å²) in [5.74, 6) is -1.17. The first-order valence-corrected chi connectivity index (χ1v) is 5.36. The molecule has 1 rings (SSSR count). The van der Waals surface area contributed by atoms with E-state index in [9.17, 15) is 18.0 Å². The van der Waals surface area contributed by atoms with Gasteiger partial charge >= 0.3 is 12.1 Å². The van der Waals surface area contributed by atoms with E-state index in [1.165, 1.54) is 19.1 Å². The fourth-order valence-electron chi connectivity index (χ4n) is 1.63. The molecular formula is C12H14F3NO2. The van der Waals surface area contributed by atoms with Gasteiger partial charge in [0.05, 0.1) is 12.0 Å². The quantitative estimate of drug-likeness (QED) is 0.872. The van der Waals surface area contributed by atoms with Crippen LogP contribution in [0.4, 0.5) is 18.9 Å². The lowest BCUT2D eigenvalue weighted by molar-refractivity contribution is -0.136. The molecule has 1 atom stereocenters. The highest BCUT2D eigenvalue weighted by Crippen LogP contribution is 2.25. The number of hydrogen-bond acceptors (Lipinski definition) is 2. The molecule has 1 unspecified atom stereocenters. The first kappa shape index (κ1) is 14.3. The normalized spacial score (nSPS) is 13.2. The summed E-state index contributed by atoms with van der Waals surface area (Å²) in [4.78, 5) is 10.9. The third-order valence-electron chi connectivity index (χ3n) is 2.35. The molecule has 0 bridgehead atoms. The van der Waals surface area contributed by atoms with Crippen LogP contribution in [0.25, 0.3) is 0 Å². The molecule has 0 spiro atoms.